The van der Waals surface area contributed by atoms with Gasteiger partial charge in [-0.15, -0.1) is 0 Å². The Kier molecular flexibility index (Phi) is 4.82. The average molecular weight is 388 g/mol. The number of furan rings is 1. The molecule has 7 nitrogen and oxygen atoms in total. The number of hydrogen-bond donors (Lipinski definition) is 1. The maximum Gasteiger partial charge on any atom is 0.289 e. The molecule has 0 bridgehead atoms. The normalized spacial score (nSPS) is 23.1. The second kappa shape index (κ2) is 7.26. The summed E-state index contributed by atoms with van der Waals surface area (Å²) in [5.41, 5.74) is 0.520. The summed E-state index contributed by atoms with van der Waals surface area (Å²) in [5, 5.41) is 3.53. The van der Waals surface area contributed by atoms with Crippen molar-refractivity contribution in [1.29, 1.82) is 0 Å². The van der Waals surface area contributed by atoms with Gasteiger partial charge >= 0.3 is 0 Å². The molecule has 2 fully saturated rings. The predicted molar refractivity (Wildman–Crippen MR) is 101 cm³/mol. The number of thioether (sulfide) groups is 1. The number of methoxy groups -OCH3 is 1. The van der Waals surface area contributed by atoms with Crippen LogP contribution in [-0.2, 0) is 4.79 Å². The summed E-state index contributed by atoms with van der Waals surface area (Å²) < 4.78 is 11.0. The van der Waals surface area contributed by atoms with E-state index in [1.165, 1.54) is 4.90 Å². The van der Waals surface area contributed by atoms with E-state index in [1.807, 2.05) is 12.1 Å². The minimum absolute atomic E-state index is 0.176. The maximum atomic E-state index is 12.8. The zero-order valence-corrected chi connectivity index (χ0v) is 15.7. The van der Waals surface area contributed by atoms with Crippen molar-refractivity contribution >= 4 is 39.8 Å². The van der Waals surface area contributed by atoms with Crippen LogP contribution in [-0.4, -0.2) is 46.9 Å². The van der Waals surface area contributed by atoms with Crippen molar-refractivity contribution in [2.75, 3.05) is 12.9 Å². The summed E-state index contributed by atoms with van der Waals surface area (Å²) in [6.07, 6.45) is 3.30. The largest absolute Gasteiger partial charge is 0.493 e. The first-order valence-electron chi connectivity index (χ1n) is 8.94. The number of rotatable bonds is 4. The first kappa shape index (κ1) is 17.9. The summed E-state index contributed by atoms with van der Waals surface area (Å²) in [5.74, 6) is 0.403. The number of carbonyl (C=O) groups excluding carboxylic acids is 3. The van der Waals surface area contributed by atoms with Gasteiger partial charge in [0.05, 0.1) is 24.9 Å². The van der Waals surface area contributed by atoms with Gasteiger partial charge in [-0.25, -0.2) is 0 Å². The highest BCUT2D eigenvalue weighted by atomic mass is 32.2. The first-order chi connectivity index (χ1) is 13.1. The number of ether oxygens (including phenoxy) is 1. The Balaban J connectivity index is 1.55. The lowest BCUT2D eigenvalue weighted by molar-refractivity contribution is -0.127. The van der Waals surface area contributed by atoms with E-state index in [0.717, 1.165) is 36.4 Å². The molecular weight excluding hydrogens is 368 g/mol. The van der Waals surface area contributed by atoms with E-state index in [0.29, 0.717) is 17.8 Å². The van der Waals surface area contributed by atoms with Crippen molar-refractivity contribution in [3.8, 4) is 5.75 Å². The molecule has 1 saturated carbocycles. The Bertz CT molecular complexity index is 893. The van der Waals surface area contributed by atoms with Crippen LogP contribution in [0.2, 0.25) is 0 Å². The SMILES string of the molecule is COc1cccc2cc(C(=O)N[C@@H]3CCCC[C@H]3N3C(=O)CSC3=O)oc12. The third-order valence-corrected chi connectivity index (χ3v) is 5.95. The molecule has 1 aliphatic heterocycles. The van der Waals surface area contributed by atoms with Gasteiger partial charge in [0.25, 0.3) is 11.1 Å². The van der Waals surface area contributed by atoms with E-state index in [4.69, 9.17) is 9.15 Å². The fourth-order valence-corrected chi connectivity index (χ4v) is 4.58. The van der Waals surface area contributed by atoms with E-state index < -0.39 is 0 Å². The van der Waals surface area contributed by atoms with E-state index in [-0.39, 0.29) is 40.7 Å². The molecule has 0 radical (unpaired) electrons. The molecule has 1 aliphatic carbocycles. The molecular formula is C19H20N2O5S. The topological polar surface area (TPSA) is 88.9 Å². The van der Waals surface area contributed by atoms with Crippen LogP contribution in [0.4, 0.5) is 4.79 Å². The second-order valence-corrected chi connectivity index (χ2v) is 7.67. The zero-order valence-electron chi connectivity index (χ0n) is 14.9. The minimum Gasteiger partial charge on any atom is -0.493 e. The predicted octanol–water partition coefficient (Wildman–Crippen LogP) is 3.18. The molecule has 27 heavy (non-hydrogen) atoms. The van der Waals surface area contributed by atoms with Gasteiger partial charge in [-0.05, 0) is 25.0 Å². The van der Waals surface area contributed by atoms with Crippen molar-refractivity contribution in [3.05, 3.63) is 30.0 Å². The van der Waals surface area contributed by atoms with Crippen molar-refractivity contribution < 1.29 is 23.5 Å². The molecule has 4 rings (SSSR count). The van der Waals surface area contributed by atoms with Gasteiger partial charge in [-0.2, -0.15) is 0 Å². The number of hydrogen-bond acceptors (Lipinski definition) is 6. The molecule has 3 amide bonds. The molecule has 1 saturated heterocycles. The number of fused-ring (bicyclic) bond motifs is 1. The van der Waals surface area contributed by atoms with E-state index >= 15 is 0 Å². The second-order valence-electron chi connectivity index (χ2n) is 6.74. The number of imide groups is 1. The van der Waals surface area contributed by atoms with Gasteiger partial charge in [-0.1, -0.05) is 36.7 Å². The molecule has 2 aliphatic rings. The van der Waals surface area contributed by atoms with Crippen molar-refractivity contribution in [1.82, 2.24) is 10.2 Å². The molecule has 2 atom stereocenters. The fourth-order valence-electron chi connectivity index (χ4n) is 3.82. The van der Waals surface area contributed by atoms with E-state index in [1.54, 1.807) is 19.2 Å². The number of carbonyl (C=O) groups is 3. The number of nitrogens with zero attached hydrogens (tertiary/aromatic N) is 1. The molecule has 142 valence electrons. The van der Waals surface area contributed by atoms with Crippen molar-refractivity contribution in [2.24, 2.45) is 0 Å². The summed E-state index contributed by atoms with van der Waals surface area (Å²) in [6, 6.07) is 6.56. The third-order valence-electron chi connectivity index (χ3n) is 5.11. The van der Waals surface area contributed by atoms with E-state index in [9.17, 15) is 14.4 Å². The minimum atomic E-state index is -0.350. The van der Waals surface area contributed by atoms with Crippen molar-refractivity contribution in [2.45, 2.75) is 37.8 Å². The third kappa shape index (κ3) is 3.29. The Labute approximate surface area is 160 Å². The number of nitrogens with one attached hydrogen (secondary N) is 1. The summed E-state index contributed by atoms with van der Waals surface area (Å²) in [6.45, 7) is 0. The Morgan fingerprint density at radius 3 is 2.85 bits per heavy atom. The molecule has 2 heterocycles. The lowest BCUT2D eigenvalue weighted by atomic mass is 9.89. The van der Waals surface area contributed by atoms with Gasteiger partial charge in [0.2, 0.25) is 5.91 Å². The molecule has 2 aromatic rings. The Hall–Kier alpha value is -2.48. The van der Waals surface area contributed by atoms with Crippen molar-refractivity contribution in [3.63, 3.8) is 0 Å². The number of para-hydroxylation sites is 1. The van der Waals surface area contributed by atoms with Crippen LogP contribution in [0.3, 0.4) is 0 Å². The highest BCUT2D eigenvalue weighted by Crippen LogP contribution is 2.31. The van der Waals surface area contributed by atoms with Crippen LogP contribution in [0.1, 0.15) is 36.2 Å². The highest BCUT2D eigenvalue weighted by molar-refractivity contribution is 8.14. The van der Waals surface area contributed by atoms with Gasteiger partial charge in [0.1, 0.15) is 0 Å². The molecule has 0 spiro atoms. The summed E-state index contributed by atoms with van der Waals surface area (Å²) in [7, 11) is 1.55. The van der Waals surface area contributed by atoms with Gasteiger partial charge < -0.3 is 14.5 Å². The average Bonchev–Trinajstić information content (AvgIpc) is 3.25. The molecule has 8 heteroatoms. The lowest BCUT2D eigenvalue weighted by Crippen LogP contribution is -2.54. The monoisotopic (exact) mass is 388 g/mol. The van der Waals surface area contributed by atoms with Crippen LogP contribution in [0.5, 0.6) is 5.75 Å². The van der Waals surface area contributed by atoms with Crippen LogP contribution in [0, 0.1) is 0 Å². The molecule has 1 aromatic heterocycles. The Morgan fingerprint density at radius 1 is 1.30 bits per heavy atom. The number of amides is 3. The van der Waals surface area contributed by atoms with E-state index in [2.05, 4.69) is 5.32 Å². The number of benzene rings is 1. The quantitative estimate of drug-likeness (QED) is 0.865. The molecule has 1 aromatic carbocycles. The van der Waals surface area contributed by atoms with Gasteiger partial charge in [0.15, 0.2) is 17.1 Å². The smallest absolute Gasteiger partial charge is 0.289 e. The van der Waals surface area contributed by atoms with Crippen LogP contribution < -0.4 is 10.1 Å². The van der Waals surface area contributed by atoms with Crippen LogP contribution >= 0.6 is 11.8 Å². The standard InChI is InChI=1S/C19H20N2O5S/c1-25-14-8-4-5-11-9-15(26-17(11)14)18(23)20-12-6-2-3-7-13(12)21-16(22)10-27-19(21)24/h4-5,8-9,12-13H,2-3,6-7,10H2,1H3,(H,20,23)/t12-,13-/m1/s1. The highest BCUT2D eigenvalue weighted by Gasteiger charge is 2.41. The van der Waals surface area contributed by atoms with Gasteiger partial charge in [0, 0.05) is 5.39 Å². The Morgan fingerprint density at radius 2 is 2.11 bits per heavy atom. The fraction of sp³-hybridized carbons (Fsp3) is 0.421. The van der Waals surface area contributed by atoms with Gasteiger partial charge in [-0.3, -0.25) is 19.3 Å². The van der Waals surface area contributed by atoms with Crippen LogP contribution in [0.15, 0.2) is 28.7 Å². The maximum absolute atomic E-state index is 12.8. The molecule has 0 unspecified atom stereocenters. The molecule has 1 N–H and O–H groups in total. The lowest BCUT2D eigenvalue weighted by Gasteiger charge is -2.36. The first-order valence-corrected chi connectivity index (χ1v) is 9.93. The summed E-state index contributed by atoms with van der Waals surface area (Å²) in [4.78, 5) is 38.3. The van der Waals surface area contributed by atoms with Crippen LogP contribution in [0.25, 0.3) is 11.0 Å². The zero-order chi connectivity index (χ0) is 19.0. The summed E-state index contributed by atoms with van der Waals surface area (Å²) >= 11 is 1.02.